The number of halogens is 3. The van der Waals surface area contributed by atoms with Gasteiger partial charge in [0.05, 0.1) is 22.5 Å². The highest BCUT2D eigenvalue weighted by Gasteiger charge is 2.20. The van der Waals surface area contributed by atoms with E-state index in [9.17, 15) is 9.59 Å². The number of rotatable bonds is 5. The minimum atomic E-state index is -0.580. The highest BCUT2D eigenvalue weighted by atomic mass is 35.5. The van der Waals surface area contributed by atoms with Gasteiger partial charge in [0.2, 0.25) is 5.91 Å². The first kappa shape index (κ1) is 18.6. The summed E-state index contributed by atoms with van der Waals surface area (Å²) in [6.45, 7) is 1.38. The first-order valence-electron chi connectivity index (χ1n) is 7.04. The van der Waals surface area contributed by atoms with Crippen LogP contribution in [-0.2, 0) is 9.59 Å². The zero-order chi connectivity index (χ0) is 17.7. The van der Waals surface area contributed by atoms with Crippen LogP contribution >= 0.6 is 34.8 Å². The molecule has 1 atom stereocenters. The topological polar surface area (TPSA) is 55.4 Å². The van der Waals surface area contributed by atoms with Gasteiger partial charge in [0, 0.05) is 11.9 Å². The number of ether oxygens (including phenoxy) is 1. The van der Waals surface area contributed by atoms with Crippen LogP contribution in [0.2, 0.25) is 15.1 Å². The van der Waals surface area contributed by atoms with Crippen LogP contribution in [0.4, 0.5) is 0 Å². The Balaban J connectivity index is 2.15. The van der Waals surface area contributed by atoms with Crippen molar-refractivity contribution in [2.24, 2.45) is 0 Å². The SMILES string of the molecule is CC(=O)NC(CC(=O)Oc1c(Cl)cc(Cl)cc1Cl)c1ccccc1. The van der Waals surface area contributed by atoms with Crippen molar-refractivity contribution in [3.05, 3.63) is 63.1 Å². The van der Waals surface area contributed by atoms with E-state index >= 15 is 0 Å². The lowest BCUT2D eigenvalue weighted by Crippen LogP contribution is -2.29. The molecule has 0 saturated heterocycles. The molecule has 0 aliphatic carbocycles. The Kier molecular flexibility index (Phi) is 6.49. The molecule has 0 spiro atoms. The summed E-state index contributed by atoms with van der Waals surface area (Å²) in [5, 5.41) is 3.33. The maximum Gasteiger partial charge on any atom is 0.313 e. The molecule has 126 valence electrons. The van der Waals surface area contributed by atoms with Crippen LogP contribution < -0.4 is 10.1 Å². The molecule has 0 aromatic heterocycles. The molecule has 2 aromatic rings. The average molecular weight is 387 g/mol. The minimum absolute atomic E-state index is 0.0439. The quantitative estimate of drug-likeness (QED) is 0.592. The van der Waals surface area contributed by atoms with Crippen molar-refractivity contribution in [2.75, 3.05) is 0 Å². The summed E-state index contributed by atoms with van der Waals surface area (Å²) in [6, 6.07) is 11.5. The summed E-state index contributed by atoms with van der Waals surface area (Å²) in [6.07, 6.45) is -0.0706. The van der Waals surface area contributed by atoms with E-state index in [-0.39, 0.29) is 28.1 Å². The summed E-state index contributed by atoms with van der Waals surface area (Å²) >= 11 is 17.8. The summed E-state index contributed by atoms with van der Waals surface area (Å²) in [7, 11) is 0. The lowest BCUT2D eigenvalue weighted by atomic mass is 10.0. The number of hydrogen-bond donors (Lipinski definition) is 1. The summed E-state index contributed by atoms with van der Waals surface area (Å²) in [4.78, 5) is 23.6. The van der Waals surface area contributed by atoms with Gasteiger partial charge in [-0.05, 0) is 17.7 Å². The fourth-order valence-electron chi connectivity index (χ4n) is 2.13. The maximum atomic E-state index is 12.2. The molecule has 0 heterocycles. The summed E-state index contributed by atoms with van der Waals surface area (Å²) < 4.78 is 5.25. The van der Waals surface area contributed by atoms with Crippen molar-refractivity contribution >= 4 is 46.7 Å². The Morgan fingerprint density at radius 3 is 2.21 bits per heavy atom. The zero-order valence-corrected chi connectivity index (χ0v) is 15.0. The summed E-state index contributed by atoms with van der Waals surface area (Å²) in [5.74, 6) is -0.787. The van der Waals surface area contributed by atoms with E-state index in [0.29, 0.717) is 5.02 Å². The van der Waals surface area contributed by atoms with Gasteiger partial charge in [-0.2, -0.15) is 0 Å². The normalized spacial score (nSPS) is 11.7. The van der Waals surface area contributed by atoms with Crippen molar-refractivity contribution in [1.29, 1.82) is 0 Å². The van der Waals surface area contributed by atoms with Gasteiger partial charge in [-0.15, -0.1) is 0 Å². The van der Waals surface area contributed by atoms with Crippen molar-refractivity contribution in [2.45, 2.75) is 19.4 Å². The van der Waals surface area contributed by atoms with Crippen LogP contribution in [0, 0.1) is 0 Å². The van der Waals surface area contributed by atoms with E-state index in [1.165, 1.54) is 19.1 Å². The lowest BCUT2D eigenvalue weighted by Gasteiger charge is -2.18. The monoisotopic (exact) mass is 385 g/mol. The van der Waals surface area contributed by atoms with E-state index in [1.807, 2.05) is 30.3 Å². The average Bonchev–Trinajstić information content (AvgIpc) is 2.50. The van der Waals surface area contributed by atoms with E-state index in [1.54, 1.807) is 0 Å². The second-order valence-electron chi connectivity index (χ2n) is 5.04. The van der Waals surface area contributed by atoms with Crippen molar-refractivity contribution in [3.63, 3.8) is 0 Å². The molecule has 2 aromatic carbocycles. The fraction of sp³-hybridized carbons (Fsp3) is 0.176. The van der Waals surface area contributed by atoms with E-state index in [4.69, 9.17) is 39.5 Å². The van der Waals surface area contributed by atoms with Crippen molar-refractivity contribution in [1.82, 2.24) is 5.32 Å². The van der Waals surface area contributed by atoms with E-state index in [0.717, 1.165) is 5.56 Å². The maximum absolute atomic E-state index is 12.2. The van der Waals surface area contributed by atoms with Crippen LogP contribution in [0.15, 0.2) is 42.5 Å². The standard InChI is InChI=1S/C17H14Cl3NO3/c1-10(22)21-15(11-5-3-2-4-6-11)9-16(23)24-17-13(19)7-12(18)8-14(17)20/h2-8,15H,9H2,1H3,(H,21,22). The van der Waals surface area contributed by atoms with Gasteiger partial charge in [-0.25, -0.2) is 0 Å². The number of amides is 1. The molecule has 0 saturated carbocycles. The molecular weight excluding hydrogens is 373 g/mol. The molecule has 2 rings (SSSR count). The van der Waals surface area contributed by atoms with Crippen molar-refractivity contribution in [3.8, 4) is 5.75 Å². The third-order valence-corrected chi connectivity index (χ3v) is 3.91. The molecule has 24 heavy (non-hydrogen) atoms. The van der Waals surface area contributed by atoms with Crippen LogP contribution in [0.5, 0.6) is 5.75 Å². The zero-order valence-electron chi connectivity index (χ0n) is 12.7. The van der Waals surface area contributed by atoms with Crippen molar-refractivity contribution < 1.29 is 14.3 Å². The molecule has 0 aliphatic rings. The number of nitrogens with one attached hydrogen (secondary N) is 1. The molecule has 0 radical (unpaired) electrons. The van der Waals surface area contributed by atoms with Gasteiger partial charge in [0.15, 0.2) is 5.75 Å². The Morgan fingerprint density at radius 2 is 1.67 bits per heavy atom. The number of hydrogen-bond acceptors (Lipinski definition) is 3. The molecule has 4 nitrogen and oxygen atoms in total. The first-order valence-corrected chi connectivity index (χ1v) is 8.17. The molecule has 1 unspecified atom stereocenters. The Bertz CT molecular complexity index is 727. The first-order chi connectivity index (χ1) is 11.4. The molecular formula is C17H14Cl3NO3. The predicted octanol–water partition coefficient (Wildman–Crippen LogP) is 4.82. The van der Waals surface area contributed by atoms with Crippen LogP contribution in [-0.4, -0.2) is 11.9 Å². The number of carbonyl (C=O) groups excluding carboxylic acids is 2. The van der Waals surface area contributed by atoms with Gasteiger partial charge < -0.3 is 10.1 Å². The van der Waals surface area contributed by atoms with Crippen LogP contribution in [0.3, 0.4) is 0 Å². The van der Waals surface area contributed by atoms with Gasteiger partial charge in [0.25, 0.3) is 0 Å². The van der Waals surface area contributed by atoms with Crippen LogP contribution in [0.25, 0.3) is 0 Å². The molecule has 1 N–H and O–H groups in total. The van der Waals surface area contributed by atoms with Gasteiger partial charge in [-0.3, -0.25) is 9.59 Å². The molecule has 0 fully saturated rings. The molecule has 0 bridgehead atoms. The third kappa shape index (κ3) is 5.13. The van der Waals surface area contributed by atoms with Gasteiger partial charge >= 0.3 is 5.97 Å². The second kappa shape index (κ2) is 8.38. The Labute approximate surface area is 154 Å². The molecule has 7 heteroatoms. The third-order valence-electron chi connectivity index (χ3n) is 3.13. The molecule has 0 aliphatic heterocycles. The summed E-state index contributed by atoms with van der Waals surface area (Å²) in [5.41, 5.74) is 0.790. The minimum Gasteiger partial charge on any atom is -0.423 e. The van der Waals surface area contributed by atoms with Crippen LogP contribution in [0.1, 0.15) is 24.9 Å². The number of esters is 1. The smallest absolute Gasteiger partial charge is 0.313 e. The van der Waals surface area contributed by atoms with E-state index < -0.39 is 12.0 Å². The van der Waals surface area contributed by atoms with Gasteiger partial charge in [0.1, 0.15) is 0 Å². The predicted molar refractivity (Wildman–Crippen MR) is 94.7 cm³/mol. The largest absolute Gasteiger partial charge is 0.423 e. The Morgan fingerprint density at radius 1 is 1.08 bits per heavy atom. The number of benzene rings is 2. The van der Waals surface area contributed by atoms with Gasteiger partial charge in [-0.1, -0.05) is 65.1 Å². The lowest BCUT2D eigenvalue weighted by molar-refractivity contribution is -0.135. The highest BCUT2D eigenvalue weighted by Crippen LogP contribution is 2.36. The Hall–Kier alpha value is -1.75. The fourth-order valence-corrected chi connectivity index (χ4v) is 3.03. The molecule has 1 amide bonds. The number of carbonyl (C=O) groups is 2. The second-order valence-corrected chi connectivity index (χ2v) is 6.29. The highest BCUT2D eigenvalue weighted by molar-refractivity contribution is 6.40. The van der Waals surface area contributed by atoms with E-state index in [2.05, 4.69) is 5.32 Å².